The highest BCUT2D eigenvalue weighted by Crippen LogP contribution is 2.43. The second-order valence-corrected chi connectivity index (χ2v) is 9.38. The highest BCUT2D eigenvalue weighted by Gasteiger charge is 2.41. The van der Waals surface area contributed by atoms with E-state index in [4.69, 9.17) is 4.74 Å². The number of rotatable bonds is 4. The van der Waals surface area contributed by atoms with Gasteiger partial charge in [0.2, 0.25) is 5.92 Å². The first kappa shape index (κ1) is 20.0. The Labute approximate surface area is 161 Å². The molecule has 2 atom stereocenters. The summed E-state index contributed by atoms with van der Waals surface area (Å²) >= 11 is 1.48. The van der Waals surface area contributed by atoms with Gasteiger partial charge in [0.15, 0.2) is 0 Å². The second-order valence-electron chi connectivity index (χ2n) is 8.44. The van der Waals surface area contributed by atoms with Crippen molar-refractivity contribution in [2.75, 3.05) is 0 Å². The number of hydrogen-bond donors (Lipinski definition) is 2. The van der Waals surface area contributed by atoms with Crippen molar-refractivity contribution >= 4 is 23.3 Å². The van der Waals surface area contributed by atoms with E-state index >= 15 is 0 Å². The molecule has 2 aliphatic carbocycles. The summed E-state index contributed by atoms with van der Waals surface area (Å²) in [6.45, 7) is 5.44. The molecular formula is C19H26F2N2O3S. The van der Waals surface area contributed by atoms with E-state index in [1.165, 1.54) is 11.3 Å². The molecule has 2 fully saturated rings. The van der Waals surface area contributed by atoms with Crippen molar-refractivity contribution in [2.45, 2.75) is 82.4 Å². The van der Waals surface area contributed by atoms with Crippen LogP contribution in [-0.4, -0.2) is 35.6 Å². The maximum absolute atomic E-state index is 13.2. The number of carbonyl (C=O) groups is 2. The smallest absolute Gasteiger partial charge is 0.407 e. The van der Waals surface area contributed by atoms with Crippen LogP contribution in [0.2, 0.25) is 0 Å². The maximum Gasteiger partial charge on any atom is 0.407 e. The molecule has 2 amide bonds. The van der Waals surface area contributed by atoms with Gasteiger partial charge in [-0.3, -0.25) is 4.79 Å². The number of alkyl halides is 2. The molecule has 1 aromatic rings. The number of hydrogen-bond acceptors (Lipinski definition) is 4. The number of thiophene rings is 1. The minimum absolute atomic E-state index is 0.0231. The molecule has 0 aromatic carbocycles. The lowest BCUT2D eigenvalue weighted by Gasteiger charge is -2.28. The molecule has 0 aliphatic heterocycles. The predicted molar refractivity (Wildman–Crippen MR) is 99.5 cm³/mol. The van der Waals surface area contributed by atoms with E-state index in [2.05, 4.69) is 10.6 Å². The van der Waals surface area contributed by atoms with Gasteiger partial charge < -0.3 is 15.4 Å². The first-order chi connectivity index (χ1) is 12.5. The summed E-state index contributed by atoms with van der Waals surface area (Å²) in [6.07, 6.45) is 0.650. The van der Waals surface area contributed by atoms with E-state index in [0.29, 0.717) is 18.4 Å². The first-order valence-corrected chi connectivity index (χ1v) is 10.2. The minimum Gasteiger partial charge on any atom is -0.444 e. The number of nitrogens with one attached hydrogen (secondary N) is 2. The lowest BCUT2D eigenvalue weighted by atomic mass is 9.92. The van der Waals surface area contributed by atoms with Gasteiger partial charge in [0, 0.05) is 41.1 Å². The predicted octanol–water partition coefficient (Wildman–Crippen LogP) is 4.44. The third kappa shape index (κ3) is 5.64. The summed E-state index contributed by atoms with van der Waals surface area (Å²) < 4.78 is 31.7. The molecule has 0 unspecified atom stereocenters. The Hall–Kier alpha value is -1.70. The summed E-state index contributed by atoms with van der Waals surface area (Å²) in [4.78, 5) is 25.2. The molecule has 0 bridgehead atoms. The van der Waals surface area contributed by atoms with E-state index in [1.807, 2.05) is 26.8 Å². The highest BCUT2D eigenvalue weighted by molar-refractivity contribution is 7.10. The Morgan fingerprint density at radius 3 is 2.52 bits per heavy atom. The van der Waals surface area contributed by atoms with Crippen molar-refractivity contribution in [3.05, 3.63) is 21.9 Å². The van der Waals surface area contributed by atoms with Crippen LogP contribution in [-0.2, 0) is 4.74 Å². The average molecular weight is 400 g/mol. The summed E-state index contributed by atoms with van der Waals surface area (Å²) in [5.74, 6) is -2.62. The second kappa shape index (κ2) is 7.37. The van der Waals surface area contributed by atoms with Gasteiger partial charge in [-0.2, -0.15) is 0 Å². The maximum atomic E-state index is 13.2. The van der Waals surface area contributed by atoms with Crippen molar-refractivity contribution in [2.24, 2.45) is 0 Å². The van der Waals surface area contributed by atoms with Crippen LogP contribution in [0.3, 0.4) is 0 Å². The fraction of sp³-hybridized carbons (Fsp3) is 0.684. The Bertz CT molecular complexity index is 704. The van der Waals surface area contributed by atoms with Crippen molar-refractivity contribution in [3.8, 4) is 0 Å². The number of ether oxygens (including phenoxy) is 1. The third-order valence-electron chi connectivity index (χ3n) is 4.79. The largest absolute Gasteiger partial charge is 0.444 e. The summed E-state index contributed by atoms with van der Waals surface area (Å²) in [6, 6.07) is 1.66. The molecule has 27 heavy (non-hydrogen) atoms. The molecular weight excluding hydrogens is 374 g/mol. The quantitative estimate of drug-likeness (QED) is 0.785. The molecule has 1 aromatic heterocycles. The van der Waals surface area contributed by atoms with Gasteiger partial charge in [0.1, 0.15) is 5.60 Å². The lowest BCUT2D eigenvalue weighted by molar-refractivity contribution is -0.0399. The molecule has 8 heteroatoms. The van der Waals surface area contributed by atoms with Crippen molar-refractivity contribution in [1.82, 2.24) is 10.6 Å². The van der Waals surface area contributed by atoms with Crippen LogP contribution < -0.4 is 10.6 Å². The summed E-state index contributed by atoms with van der Waals surface area (Å²) in [5.41, 5.74) is 0.0152. The van der Waals surface area contributed by atoms with Crippen molar-refractivity contribution in [1.29, 1.82) is 0 Å². The van der Waals surface area contributed by atoms with Gasteiger partial charge >= 0.3 is 6.09 Å². The van der Waals surface area contributed by atoms with Crippen LogP contribution in [0.25, 0.3) is 0 Å². The number of halogens is 2. The molecule has 5 nitrogen and oxygen atoms in total. The minimum atomic E-state index is -2.60. The Kier molecular flexibility index (Phi) is 5.47. The van der Waals surface area contributed by atoms with Crippen molar-refractivity contribution < 1.29 is 23.1 Å². The van der Waals surface area contributed by atoms with Crippen molar-refractivity contribution in [3.63, 3.8) is 0 Å². The van der Waals surface area contributed by atoms with Gasteiger partial charge in [0.05, 0.1) is 5.56 Å². The summed E-state index contributed by atoms with van der Waals surface area (Å²) in [7, 11) is 0. The molecule has 2 aliphatic rings. The third-order valence-corrected chi connectivity index (χ3v) is 5.86. The molecule has 0 spiro atoms. The fourth-order valence-corrected chi connectivity index (χ4v) is 4.32. The molecule has 3 rings (SSSR count). The molecule has 2 N–H and O–H groups in total. The van der Waals surface area contributed by atoms with Gasteiger partial charge in [-0.15, -0.1) is 11.3 Å². The van der Waals surface area contributed by atoms with Gasteiger partial charge in [-0.1, -0.05) is 0 Å². The first-order valence-electron chi connectivity index (χ1n) is 9.29. The molecule has 150 valence electrons. The fourth-order valence-electron chi connectivity index (χ4n) is 3.25. The number of amides is 2. The monoisotopic (exact) mass is 400 g/mol. The average Bonchev–Trinajstić information content (AvgIpc) is 3.10. The van der Waals surface area contributed by atoms with Crippen LogP contribution in [0.15, 0.2) is 11.4 Å². The topological polar surface area (TPSA) is 67.4 Å². The van der Waals surface area contributed by atoms with E-state index < -0.39 is 17.6 Å². The van der Waals surface area contributed by atoms with E-state index in [1.54, 1.807) is 5.38 Å². The van der Waals surface area contributed by atoms with E-state index in [9.17, 15) is 18.4 Å². The SMILES string of the molecule is CC(C)(C)OC(=O)N[C@@H]1C[C@H]1c1cc(C(=O)NC2CCC(F)(F)CC2)cs1. The zero-order valence-corrected chi connectivity index (χ0v) is 16.6. The Balaban J connectivity index is 1.48. The highest BCUT2D eigenvalue weighted by atomic mass is 32.1. The van der Waals surface area contributed by atoms with Crippen LogP contribution in [0, 0.1) is 0 Å². The number of alkyl carbamates (subject to hydrolysis) is 1. The normalized spacial score (nSPS) is 24.9. The van der Waals surface area contributed by atoms with E-state index in [0.717, 1.165) is 11.3 Å². The van der Waals surface area contributed by atoms with E-state index in [-0.39, 0.29) is 36.8 Å². The molecule has 0 saturated heterocycles. The Morgan fingerprint density at radius 2 is 1.89 bits per heavy atom. The standard InChI is InChI=1S/C19H26F2N2O3S/c1-18(2,3)26-17(25)23-14-9-13(14)15-8-11(10-27-15)16(24)22-12-4-6-19(20,21)7-5-12/h8,10,12-14H,4-7,9H2,1-3H3,(H,22,24)(H,23,25)/t13-,14-/m1/s1. The van der Waals surface area contributed by atoms with Gasteiger partial charge in [-0.25, -0.2) is 13.6 Å². The zero-order chi connectivity index (χ0) is 19.8. The van der Waals surface area contributed by atoms with Crippen LogP contribution in [0.4, 0.5) is 13.6 Å². The molecule has 2 saturated carbocycles. The number of carbonyl (C=O) groups excluding carboxylic acids is 2. The molecule has 0 radical (unpaired) electrons. The lowest BCUT2D eigenvalue weighted by Crippen LogP contribution is -2.40. The summed E-state index contributed by atoms with van der Waals surface area (Å²) in [5, 5.41) is 7.49. The van der Waals surface area contributed by atoms with Gasteiger partial charge in [-0.05, 0) is 46.1 Å². The van der Waals surface area contributed by atoms with Crippen LogP contribution in [0.1, 0.15) is 74.0 Å². The molecule has 1 heterocycles. The Morgan fingerprint density at radius 1 is 1.22 bits per heavy atom. The zero-order valence-electron chi connectivity index (χ0n) is 15.8. The van der Waals surface area contributed by atoms with Gasteiger partial charge in [0.25, 0.3) is 5.91 Å². The van der Waals surface area contributed by atoms with Crippen LogP contribution >= 0.6 is 11.3 Å². The van der Waals surface area contributed by atoms with Crippen LogP contribution in [0.5, 0.6) is 0 Å².